The minimum absolute atomic E-state index is 0.245. The van der Waals surface area contributed by atoms with Gasteiger partial charge in [-0.3, -0.25) is 28.8 Å². The highest BCUT2D eigenvalue weighted by molar-refractivity contribution is 5.94. The standard InChI is InChI=1S/C19H32N6O10/c1-8(26)15(19(34)35)25-18(33)11(4-6-13(22)28)24-17(32)10(3-5-12(21)27)23-16(31)9(20)2-7-14(29)30/h8-11,15,26H,2-7,20H2,1H3,(H2,21,27)(H2,22,28)(H,23,31)(H,24,32)(H,25,33)(H,29,30)(H,34,35). The van der Waals surface area contributed by atoms with E-state index in [0.29, 0.717) is 0 Å². The summed E-state index contributed by atoms with van der Waals surface area (Å²) in [6, 6.07) is -5.98. The Kier molecular flexibility index (Phi) is 13.5. The summed E-state index contributed by atoms with van der Waals surface area (Å²) in [5, 5.41) is 33.9. The summed E-state index contributed by atoms with van der Waals surface area (Å²) >= 11 is 0. The second kappa shape index (κ2) is 15.2. The van der Waals surface area contributed by atoms with Gasteiger partial charge in [-0.15, -0.1) is 0 Å². The van der Waals surface area contributed by atoms with Crippen LogP contribution in [0.3, 0.4) is 0 Å². The summed E-state index contributed by atoms with van der Waals surface area (Å²) in [6.07, 6.45) is -3.57. The Morgan fingerprint density at radius 1 is 0.714 bits per heavy atom. The minimum atomic E-state index is -1.73. The first-order chi connectivity index (χ1) is 16.1. The molecule has 0 aromatic heterocycles. The Hall–Kier alpha value is -3.79. The summed E-state index contributed by atoms with van der Waals surface area (Å²) in [4.78, 5) is 82.0. The Labute approximate surface area is 199 Å². The van der Waals surface area contributed by atoms with Crippen LogP contribution in [-0.4, -0.2) is 87.1 Å². The van der Waals surface area contributed by atoms with Crippen molar-refractivity contribution in [1.82, 2.24) is 16.0 Å². The Bertz CT molecular complexity index is 818. The first kappa shape index (κ1) is 31.2. The molecule has 0 saturated heterocycles. The van der Waals surface area contributed by atoms with Gasteiger partial charge in [0.25, 0.3) is 0 Å². The predicted molar refractivity (Wildman–Crippen MR) is 117 cm³/mol. The third-order valence-electron chi connectivity index (χ3n) is 4.68. The number of aliphatic hydroxyl groups is 1. The van der Waals surface area contributed by atoms with E-state index in [-0.39, 0.29) is 32.1 Å². The molecule has 0 radical (unpaired) electrons. The topological polar surface area (TPSA) is 294 Å². The second-order valence-corrected chi connectivity index (χ2v) is 7.74. The highest BCUT2D eigenvalue weighted by Crippen LogP contribution is 2.05. The van der Waals surface area contributed by atoms with Crippen LogP contribution in [0.5, 0.6) is 0 Å². The van der Waals surface area contributed by atoms with Crippen molar-refractivity contribution in [3.63, 3.8) is 0 Å². The lowest BCUT2D eigenvalue weighted by atomic mass is 10.0. The molecule has 35 heavy (non-hydrogen) atoms. The van der Waals surface area contributed by atoms with Crippen molar-refractivity contribution < 1.29 is 48.9 Å². The Balaban J connectivity index is 5.61. The van der Waals surface area contributed by atoms with Crippen molar-refractivity contribution in [3.8, 4) is 0 Å². The smallest absolute Gasteiger partial charge is 0.328 e. The first-order valence-corrected chi connectivity index (χ1v) is 10.5. The molecular formula is C19H32N6O10. The molecule has 16 heteroatoms. The van der Waals surface area contributed by atoms with E-state index in [4.69, 9.17) is 27.4 Å². The zero-order chi connectivity index (χ0) is 27.3. The number of carbonyl (C=O) groups is 7. The number of carboxylic acid groups (broad SMARTS) is 2. The van der Waals surface area contributed by atoms with Gasteiger partial charge >= 0.3 is 11.9 Å². The van der Waals surface area contributed by atoms with Crippen LogP contribution in [0.4, 0.5) is 0 Å². The molecule has 0 bridgehead atoms. The monoisotopic (exact) mass is 504 g/mol. The summed E-state index contributed by atoms with van der Waals surface area (Å²) in [5.74, 6) is -7.37. The van der Waals surface area contributed by atoms with Gasteiger partial charge in [0.2, 0.25) is 29.5 Å². The molecule has 5 amide bonds. The number of aliphatic carboxylic acids is 2. The van der Waals surface area contributed by atoms with Crippen LogP contribution in [0.15, 0.2) is 0 Å². The maximum Gasteiger partial charge on any atom is 0.328 e. The number of aliphatic hydroxyl groups excluding tert-OH is 1. The molecule has 5 unspecified atom stereocenters. The lowest BCUT2D eigenvalue weighted by Gasteiger charge is -2.25. The SMILES string of the molecule is CC(O)C(NC(=O)C(CCC(N)=O)NC(=O)C(CCC(N)=O)NC(=O)C(N)CCC(=O)O)C(=O)O. The average Bonchev–Trinajstić information content (AvgIpc) is 2.74. The van der Waals surface area contributed by atoms with Crippen LogP contribution in [0.2, 0.25) is 0 Å². The molecule has 5 atom stereocenters. The van der Waals surface area contributed by atoms with Crippen molar-refractivity contribution in [2.24, 2.45) is 17.2 Å². The van der Waals surface area contributed by atoms with E-state index < -0.39 is 78.2 Å². The van der Waals surface area contributed by atoms with Crippen LogP contribution in [0.25, 0.3) is 0 Å². The number of hydrogen-bond acceptors (Lipinski definition) is 9. The Morgan fingerprint density at radius 2 is 1.14 bits per heavy atom. The molecule has 0 aromatic carbocycles. The third-order valence-corrected chi connectivity index (χ3v) is 4.68. The summed E-state index contributed by atoms with van der Waals surface area (Å²) in [7, 11) is 0. The van der Waals surface area contributed by atoms with E-state index in [2.05, 4.69) is 10.6 Å². The highest BCUT2D eigenvalue weighted by Gasteiger charge is 2.32. The van der Waals surface area contributed by atoms with Crippen molar-refractivity contribution >= 4 is 41.5 Å². The van der Waals surface area contributed by atoms with Gasteiger partial charge in [-0.25, -0.2) is 4.79 Å². The molecule has 198 valence electrons. The molecular weight excluding hydrogens is 472 g/mol. The molecule has 0 aromatic rings. The molecule has 0 rings (SSSR count). The number of rotatable bonds is 17. The zero-order valence-corrected chi connectivity index (χ0v) is 19.1. The van der Waals surface area contributed by atoms with Crippen LogP contribution in [0.1, 0.15) is 45.4 Å². The van der Waals surface area contributed by atoms with E-state index >= 15 is 0 Å². The van der Waals surface area contributed by atoms with Crippen molar-refractivity contribution in [3.05, 3.63) is 0 Å². The summed E-state index contributed by atoms with van der Waals surface area (Å²) in [6.45, 7) is 1.11. The molecule has 16 nitrogen and oxygen atoms in total. The van der Waals surface area contributed by atoms with Gasteiger partial charge in [-0.2, -0.15) is 0 Å². The van der Waals surface area contributed by atoms with Gasteiger partial charge in [0.05, 0.1) is 12.1 Å². The van der Waals surface area contributed by atoms with Gasteiger partial charge in [0.15, 0.2) is 6.04 Å². The predicted octanol–water partition coefficient (Wildman–Crippen LogP) is -4.37. The van der Waals surface area contributed by atoms with Gasteiger partial charge < -0.3 is 48.5 Å². The molecule has 0 aliphatic rings. The number of primary amides is 2. The van der Waals surface area contributed by atoms with Gasteiger partial charge in [-0.1, -0.05) is 0 Å². The summed E-state index contributed by atoms with van der Waals surface area (Å²) in [5.41, 5.74) is 15.8. The quantitative estimate of drug-likeness (QED) is 0.0911. The molecule has 0 saturated carbocycles. The number of carboxylic acids is 2. The summed E-state index contributed by atoms with van der Waals surface area (Å²) < 4.78 is 0. The number of carbonyl (C=O) groups excluding carboxylic acids is 5. The minimum Gasteiger partial charge on any atom is -0.481 e. The number of nitrogens with one attached hydrogen (secondary N) is 3. The van der Waals surface area contributed by atoms with E-state index in [1.54, 1.807) is 0 Å². The zero-order valence-electron chi connectivity index (χ0n) is 19.1. The lowest BCUT2D eigenvalue weighted by molar-refractivity contribution is -0.145. The fraction of sp³-hybridized carbons (Fsp3) is 0.632. The molecule has 0 spiro atoms. The largest absolute Gasteiger partial charge is 0.481 e. The van der Waals surface area contributed by atoms with Crippen molar-refractivity contribution in [1.29, 1.82) is 0 Å². The van der Waals surface area contributed by atoms with E-state index in [1.807, 2.05) is 5.32 Å². The van der Waals surface area contributed by atoms with Crippen LogP contribution in [-0.2, 0) is 33.6 Å². The maximum atomic E-state index is 12.8. The van der Waals surface area contributed by atoms with Crippen molar-refractivity contribution in [2.75, 3.05) is 0 Å². The normalized spacial score (nSPS) is 14.9. The Morgan fingerprint density at radius 3 is 1.51 bits per heavy atom. The van der Waals surface area contributed by atoms with Gasteiger partial charge in [-0.05, 0) is 26.2 Å². The maximum absolute atomic E-state index is 12.8. The van der Waals surface area contributed by atoms with E-state index in [0.717, 1.165) is 6.92 Å². The fourth-order valence-corrected chi connectivity index (χ4v) is 2.71. The van der Waals surface area contributed by atoms with E-state index in [9.17, 15) is 38.7 Å². The number of hydrogen-bond donors (Lipinski definition) is 9. The lowest BCUT2D eigenvalue weighted by Crippen LogP contribution is -2.58. The molecule has 0 fully saturated rings. The number of amides is 5. The molecule has 0 aliphatic heterocycles. The average molecular weight is 504 g/mol. The molecule has 0 aliphatic carbocycles. The molecule has 0 heterocycles. The fourth-order valence-electron chi connectivity index (χ4n) is 2.71. The van der Waals surface area contributed by atoms with Gasteiger partial charge in [0.1, 0.15) is 12.1 Å². The van der Waals surface area contributed by atoms with Crippen LogP contribution >= 0.6 is 0 Å². The third kappa shape index (κ3) is 12.9. The van der Waals surface area contributed by atoms with E-state index in [1.165, 1.54) is 0 Å². The first-order valence-electron chi connectivity index (χ1n) is 10.5. The molecule has 12 N–H and O–H groups in total. The van der Waals surface area contributed by atoms with Crippen molar-refractivity contribution in [2.45, 2.75) is 75.7 Å². The highest BCUT2D eigenvalue weighted by atomic mass is 16.4. The van der Waals surface area contributed by atoms with Crippen LogP contribution in [0, 0.1) is 0 Å². The van der Waals surface area contributed by atoms with Crippen LogP contribution < -0.4 is 33.2 Å². The number of nitrogens with two attached hydrogens (primary N) is 3. The second-order valence-electron chi connectivity index (χ2n) is 7.74. The van der Waals surface area contributed by atoms with Gasteiger partial charge in [0, 0.05) is 19.3 Å².